The maximum Gasteiger partial charge on any atom is 0.183 e. The molecule has 0 aromatic heterocycles. The molecular weight excluding hydrogens is 336 g/mol. The van der Waals surface area contributed by atoms with Crippen LogP contribution in [0.5, 0.6) is 0 Å². The molecule has 2 aliphatic heterocycles. The summed E-state index contributed by atoms with van der Waals surface area (Å²) in [6.45, 7) is -1.17. The zero-order valence-corrected chi connectivity index (χ0v) is 12.8. The van der Waals surface area contributed by atoms with Crippen LogP contribution in [0.25, 0.3) is 0 Å². The van der Waals surface area contributed by atoms with Crippen molar-refractivity contribution >= 4 is 11.8 Å². The Bertz CT molecular complexity index is 383. The lowest BCUT2D eigenvalue weighted by Crippen LogP contribution is -2.61. The minimum Gasteiger partial charge on any atom is -0.394 e. The molecule has 136 valence electrons. The van der Waals surface area contributed by atoms with Crippen LogP contribution >= 0.6 is 11.8 Å². The van der Waals surface area contributed by atoms with Gasteiger partial charge >= 0.3 is 0 Å². The van der Waals surface area contributed by atoms with Crippen LogP contribution in [0.3, 0.4) is 0 Å². The molecule has 2 rings (SSSR count). The fraction of sp³-hybridized carbons (Fsp3) is 1.00. The number of hydrogen-bond acceptors (Lipinski definition) is 11. The molecule has 2 heterocycles. The van der Waals surface area contributed by atoms with Crippen molar-refractivity contribution in [3.05, 3.63) is 0 Å². The summed E-state index contributed by atoms with van der Waals surface area (Å²) in [5.74, 6) is 0. The van der Waals surface area contributed by atoms with Crippen molar-refractivity contribution in [2.45, 2.75) is 59.7 Å². The molecule has 0 unspecified atom stereocenters. The summed E-state index contributed by atoms with van der Waals surface area (Å²) in [5.41, 5.74) is -1.16. The molecule has 0 aromatic carbocycles. The summed E-state index contributed by atoms with van der Waals surface area (Å²) in [6, 6.07) is 0. The first-order valence-electron chi connectivity index (χ1n) is 7.08. The van der Waals surface area contributed by atoms with Crippen molar-refractivity contribution < 1.29 is 50.3 Å². The first kappa shape index (κ1) is 19.3. The Labute approximate surface area is 135 Å². The van der Waals surface area contributed by atoms with E-state index in [2.05, 4.69) is 0 Å². The lowest BCUT2D eigenvalue weighted by molar-refractivity contribution is -0.249. The molecule has 0 bridgehead atoms. The van der Waals surface area contributed by atoms with Crippen molar-refractivity contribution in [2.24, 2.45) is 0 Å². The second-order valence-corrected chi connectivity index (χ2v) is 6.81. The maximum atomic E-state index is 10.0. The Balaban J connectivity index is 2.11. The van der Waals surface area contributed by atoms with Gasteiger partial charge in [-0.15, -0.1) is 11.8 Å². The summed E-state index contributed by atoms with van der Waals surface area (Å²) >= 11 is 0.761. The van der Waals surface area contributed by atoms with Crippen LogP contribution in [0.1, 0.15) is 0 Å². The minimum absolute atomic E-state index is 0.573. The summed E-state index contributed by atoms with van der Waals surface area (Å²) in [7, 11) is 0. The zero-order valence-electron chi connectivity index (χ0n) is 12.0. The van der Waals surface area contributed by atoms with Gasteiger partial charge < -0.3 is 50.3 Å². The topological polar surface area (TPSA) is 180 Å². The summed E-state index contributed by atoms with van der Waals surface area (Å²) in [5, 5.41) is 76.0. The highest BCUT2D eigenvalue weighted by Crippen LogP contribution is 2.37. The maximum absolute atomic E-state index is 10.0. The van der Waals surface area contributed by atoms with E-state index < -0.39 is 72.9 Å². The van der Waals surface area contributed by atoms with Gasteiger partial charge in [0, 0.05) is 0 Å². The minimum atomic E-state index is -1.67. The van der Waals surface area contributed by atoms with E-state index in [0.717, 1.165) is 11.8 Å². The van der Waals surface area contributed by atoms with E-state index >= 15 is 0 Å². The van der Waals surface area contributed by atoms with E-state index in [9.17, 15) is 35.7 Å². The van der Waals surface area contributed by atoms with Gasteiger partial charge in [0.15, 0.2) is 6.29 Å². The van der Waals surface area contributed by atoms with Gasteiger partial charge in [0.25, 0.3) is 0 Å². The number of aliphatic hydroxyl groups is 8. The number of rotatable bonds is 4. The van der Waals surface area contributed by atoms with Crippen LogP contribution in [0.2, 0.25) is 0 Å². The number of aliphatic hydroxyl groups excluding tert-OH is 8. The van der Waals surface area contributed by atoms with Gasteiger partial charge in [0.1, 0.15) is 36.0 Å². The van der Waals surface area contributed by atoms with Crippen molar-refractivity contribution in [2.75, 3.05) is 13.2 Å². The molecule has 23 heavy (non-hydrogen) atoms. The average Bonchev–Trinajstić information content (AvgIpc) is 2.55. The molecule has 0 saturated carbocycles. The number of ether oxygens (including phenoxy) is 2. The monoisotopic (exact) mass is 358 g/mol. The van der Waals surface area contributed by atoms with E-state index in [-0.39, 0.29) is 0 Å². The smallest absolute Gasteiger partial charge is 0.183 e. The first-order valence-corrected chi connectivity index (χ1v) is 8.02. The highest BCUT2D eigenvalue weighted by Gasteiger charge is 2.49. The zero-order chi connectivity index (χ0) is 17.3. The summed E-state index contributed by atoms with van der Waals surface area (Å²) in [4.78, 5) is 0. The van der Waals surface area contributed by atoms with Crippen molar-refractivity contribution in [1.82, 2.24) is 0 Å². The van der Waals surface area contributed by atoms with Crippen molar-refractivity contribution in [3.63, 3.8) is 0 Å². The fourth-order valence-corrected chi connectivity index (χ4v) is 4.06. The third kappa shape index (κ3) is 3.80. The third-order valence-corrected chi connectivity index (χ3v) is 5.53. The predicted molar refractivity (Wildman–Crippen MR) is 75.1 cm³/mol. The lowest BCUT2D eigenvalue weighted by atomic mass is 10.0. The van der Waals surface area contributed by atoms with Crippen molar-refractivity contribution in [3.8, 4) is 0 Å². The molecule has 2 aliphatic rings. The van der Waals surface area contributed by atoms with Gasteiger partial charge in [0.05, 0.1) is 30.7 Å². The third-order valence-electron chi connectivity index (χ3n) is 3.98. The Hall–Kier alpha value is -0.0500. The molecule has 0 radical (unpaired) electrons. The molecule has 10 nitrogen and oxygen atoms in total. The van der Waals surface area contributed by atoms with Gasteiger partial charge in [-0.05, 0) is 0 Å². The van der Waals surface area contributed by atoms with E-state index in [1.165, 1.54) is 0 Å². The fourth-order valence-electron chi connectivity index (χ4n) is 2.57. The van der Waals surface area contributed by atoms with Gasteiger partial charge in [-0.3, -0.25) is 0 Å². The standard InChI is InChI=1S/C12H22O10S/c13-1-3-5(15)6(16)9(19)12(22-3)23-10-4(2-14)21-11(20)8(18)7(10)17/h3-20H,1-2H2/t3-,4-,5-,6+,7-,8+,9-,10-,11-,12+/m1/s1. The molecule has 2 fully saturated rings. The van der Waals surface area contributed by atoms with E-state index in [1.54, 1.807) is 0 Å². The Morgan fingerprint density at radius 3 is 1.83 bits per heavy atom. The SMILES string of the molecule is OC[C@H]1O[C@@H](S[C@H]2[C@H](O)[C@H](O)[C@H](O)O[C@@H]2CO)[C@H](O)[C@@H](O)[C@@H]1O. The van der Waals surface area contributed by atoms with Gasteiger partial charge in [-0.25, -0.2) is 0 Å². The molecule has 0 spiro atoms. The molecule has 0 aromatic rings. The van der Waals surface area contributed by atoms with Crippen LogP contribution in [0.4, 0.5) is 0 Å². The summed E-state index contributed by atoms with van der Waals surface area (Å²) in [6.07, 6.45) is -11.6. The van der Waals surface area contributed by atoms with Crippen LogP contribution in [0.15, 0.2) is 0 Å². The normalized spacial score (nSPS) is 51.7. The van der Waals surface area contributed by atoms with Crippen molar-refractivity contribution in [1.29, 1.82) is 0 Å². The van der Waals surface area contributed by atoms with Crippen LogP contribution in [0, 0.1) is 0 Å². The predicted octanol–water partition coefficient (Wildman–Crippen LogP) is -4.68. The molecule has 0 amide bonds. The Kier molecular flexibility index (Phi) is 6.61. The number of thioether (sulfide) groups is 1. The quantitative estimate of drug-likeness (QED) is 0.242. The summed E-state index contributed by atoms with van der Waals surface area (Å²) < 4.78 is 10.3. The largest absolute Gasteiger partial charge is 0.394 e. The second kappa shape index (κ2) is 7.89. The Morgan fingerprint density at radius 1 is 0.652 bits per heavy atom. The van der Waals surface area contributed by atoms with Crippen LogP contribution in [-0.2, 0) is 9.47 Å². The molecule has 8 N–H and O–H groups in total. The average molecular weight is 358 g/mol. The molecule has 10 atom stereocenters. The molecule has 11 heteroatoms. The van der Waals surface area contributed by atoms with E-state index in [1.807, 2.05) is 0 Å². The van der Waals surface area contributed by atoms with E-state index in [4.69, 9.17) is 14.6 Å². The van der Waals surface area contributed by atoms with Crippen LogP contribution < -0.4 is 0 Å². The Morgan fingerprint density at radius 2 is 1.26 bits per heavy atom. The van der Waals surface area contributed by atoms with Gasteiger partial charge in [0.2, 0.25) is 0 Å². The number of hydrogen-bond donors (Lipinski definition) is 8. The molecule has 2 saturated heterocycles. The first-order chi connectivity index (χ1) is 10.8. The van der Waals surface area contributed by atoms with Gasteiger partial charge in [-0.2, -0.15) is 0 Å². The molecular formula is C12H22O10S. The second-order valence-electron chi connectivity index (χ2n) is 5.53. The van der Waals surface area contributed by atoms with E-state index in [0.29, 0.717) is 0 Å². The lowest BCUT2D eigenvalue weighted by Gasteiger charge is -2.44. The van der Waals surface area contributed by atoms with Gasteiger partial charge in [-0.1, -0.05) is 0 Å². The van der Waals surface area contributed by atoms with Crippen LogP contribution in [-0.4, -0.2) is 114 Å². The molecule has 0 aliphatic carbocycles. The highest BCUT2D eigenvalue weighted by molar-refractivity contribution is 8.00. The highest BCUT2D eigenvalue weighted by atomic mass is 32.2.